The van der Waals surface area contributed by atoms with E-state index in [1.165, 1.54) is 0 Å². The van der Waals surface area contributed by atoms with Crippen molar-refractivity contribution in [2.45, 2.75) is 13.5 Å². The molecule has 90 valence electrons. The maximum Gasteiger partial charge on any atom is 0.163 e. The molecule has 4 nitrogen and oxygen atoms in total. The van der Waals surface area contributed by atoms with Crippen molar-refractivity contribution in [1.29, 1.82) is 0 Å². The van der Waals surface area contributed by atoms with E-state index in [4.69, 9.17) is 5.73 Å². The number of benzene rings is 1. The van der Waals surface area contributed by atoms with Crippen molar-refractivity contribution in [3.05, 3.63) is 54.0 Å². The van der Waals surface area contributed by atoms with Gasteiger partial charge in [0.05, 0.1) is 11.9 Å². The third-order valence-electron chi connectivity index (χ3n) is 2.97. The Morgan fingerprint density at radius 3 is 2.72 bits per heavy atom. The lowest BCUT2D eigenvalue weighted by molar-refractivity contribution is 0.829. The summed E-state index contributed by atoms with van der Waals surface area (Å²) in [7, 11) is 0. The van der Waals surface area contributed by atoms with E-state index in [2.05, 4.69) is 22.2 Å². The lowest BCUT2D eigenvalue weighted by Crippen LogP contribution is -2.07. The van der Waals surface area contributed by atoms with Crippen LogP contribution >= 0.6 is 0 Å². The zero-order valence-corrected chi connectivity index (χ0v) is 10.2. The van der Waals surface area contributed by atoms with Crippen LogP contribution in [-0.4, -0.2) is 14.6 Å². The monoisotopic (exact) mass is 238 g/mol. The Balaban J connectivity index is 2.30. The fourth-order valence-corrected chi connectivity index (χ4v) is 2.13. The van der Waals surface area contributed by atoms with Gasteiger partial charge in [-0.15, -0.1) is 0 Å². The minimum absolute atomic E-state index is 0.454. The van der Waals surface area contributed by atoms with Crippen molar-refractivity contribution >= 4 is 5.65 Å². The van der Waals surface area contributed by atoms with E-state index in [0.29, 0.717) is 6.54 Å². The normalized spacial score (nSPS) is 11.0. The molecule has 1 aromatic carbocycles. The Kier molecular flexibility index (Phi) is 2.57. The predicted octanol–water partition coefficient (Wildman–Crippen LogP) is 2.16. The van der Waals surface area contributed by atoms with Crippen LogP contribution in [0.25, 0.3) is 16.8 Å². The van der Waals surface area contributed by atoms with Gasteiger partial charge < -0.3 is 5.73 Å². The molecule has 2 N–H and O–H groups in total. The van der Waals surface area contributed by atoms with Gasteiger partial charge in [-0.1, -0.05) is 30.3 Å². The number of rotatable bonds is 2. The number of hydrogen-bond donors (Lipinski definition) is 1. The summed E-state index contributed by atoms with van der Waals surface area (Å²) < 4.78 is 1.81. The highest BCUT2D eigenvalue weighted by Crippen LogP contribution is 2.23. The van der Waals surface area contributed by atoms with Crippen LogP contribution in [0.2, 0.25) is 0 Å². The fourth-order valence-electron chi connectivity index (χ4n) is 2.13. The maximum absolute atomic E-state index is 5.74. The lowest BCUT2D eigenvalue weighted by Gasteiger charge is -2.04. The Morgan fingerprint density at radius 1 is 1.22 bits per heavy atom. The summed E-state index contributed by atoms with van der Waals surface area (Å²) in [5.74, 6) is 0. The van der Waals surface area contributed by atoms with E-state index in [1.54, 1.807) is 0 Å². The summed E-state index contributed by atoms with van der Waals surface area (Å²) in [6.07, 6.45) is 1.84. The predicted molar refractivity (Wildman–Crippen MR) is 71.1 cm³/mol. The van der Waals surface area contributed by atoms with Gasteiger partial charge in [-0.25, -0.2) is 9.50 Å². The largest absolute Gasteiger partial charge is 0.325 e. The molecule has 2 aromatic heterocycles. The Bertz CT molecular complexity index is 686. The molecule has 0 amide bonds. The molecule has 0 saturated heterocycles. The van der Waals surface area contributed by atoms with Gasteiger partial charge in [0.2, 0.25) is 0 Å². The smallest absolute Gasteiger partial charge is 0.163 e. The first-order valence-corrected chi connectivity index (χ1v) is 5.89. The first-order chi connectivity index (χ1) is 8.79. The van der Waals surface area contributed by atoms with E-state index in [9.17, 15) is 0 Å². The van der Waals surface area contributed by atoms with Crippen LogP contribution in [0.5, 0.6) is 0 Å². The fraction of sp³-hybridized carbons (Fsp3) is 0.143. The molecule has 0 aliphatic carbocycles. The van der Waals surface area contributed by atoms with Crippen molar-refractivity contribution in [3.63, 3.8) is 0 Å². The molecule has 0 radical (unpaired) electrons. The first-order valence-electron chi connectivity index (χ1n) is 5.89. The van der Waals surface area contributed by atoms with Gasteiger partial charge in [0.1, 0.15) is 0 Å². The standard InChI is InChI=1S/C14H14N4/c1-10-7-12(8-15)18-14(17-10)13(9-16-18)11-5-3-2-4-6-11/h2-7,9H,8,15H2,1H3. The number of nitrogens with zero attached hydrogens (tertiary/aromatic N) is 3. The number of aryl methyl sites for hydroxylation is 1. The highest BCUT2D eigenvalue weighted by atomic mass is 15.3. The molecule has 0 atom stereocenters. The highest BCUT2D eigenvalue weighted by molar-refractivity contribution is 5.77. The molecule has 0 aliphatic rings. The average molecular weight is 238 g/mol. The van der Waals surface area contributed by atoms with Crippen LogP contribution in [0, 0.1) is 6.92 Å². The van der Waals surface area contributed by atoms with E-state index in [0.717, 1.165) is 28.2 Å². The topological polar surface area (TPSA) is 56.2 Å². The quantitative estimate of drug-likeness (QED) is 0.744. The van der Waals surface area contributed by atoms with Crippen LogP contribution in [0.3, 0.4) is 0 Å². The molecule has 0 spiro atoms. The van der Waals surface area contributed by atoms with Crippen molar-refractivity contribution in [1.82, 2.24) is 14.6 Å². The van der Waals surface area contributed by atoms with Crippen molar-refractivity contribution in [2.24, 2.45) is 5.73 Å². The van der Waals surface area contributed by atoms with Crippen LogP contribution < -0.4 is 5.73 Å². The van der Waals surface area contributed by atoms with Gasteiger partial charge in [0, 0.05) is 17.8 Å². The van der Waals surface area contributed by atoms with Gasteiger partial charge in [-0.2, -0.15) is 5.10 Å². The van der Waals surface area contributed by atoms with Crippen molar-refractivity contribution in [2.75, 3.05) is 0 Å². The number of hydrogen-bond acceptors (Lipinski definition) is 3. The van der Waals surface area contributed by atoms with Crippen LogP contribution in [0.1, 0.15) is 11.4 Å². The van der Waals surface area contributed by atoms with Gasteiger partial charge in [0.15, 0.2) is 5.65 Å². The molecule has 0 saturated carbocycles. The Labute approximate surface area is 105 Å². The number of nitrogens with two attached hydrogens (primary N) is 1. The average Bonchev–Trinajstić information content (AvgIpc) is 2.82. The van der Waals surface area contributed by atoms with Gasteiger partial charge in [-0.05, 0) is 18.6 Å². The Morgan fingerprint density at radius 2 is 2.00 bits per heavy atom. The summed E-state index contributed by atoms with van der Waals surface area (Å²) in [6, 6.07) is 12.1. The first kappa shape index (κ1) is 10.9. The second-order valence-corrected chi connectivity index (χ2v) is 4.25. The van der Waals surface area contributed by atoms with Crippen LogP contribution in [0.4, 0.5) is 0 Å². The van der Waals surface area contributed by atoms with E-state index < -0.39 is 0 Å². The molecular formula is C14H14N4. The second-order valence-electron chi connectivity index (χ2n) is 4.25. The van der Waals surface area contributed by atoms with Crippen molar-refractivity contribution < 1.29 is 0 Å². The molecular weight excluding hydrogens is 224 g/mol. The SMILES string of the molecule is Cc1cc(CN)n2ncc(-c3ccccc3)c2n1. The molecule has 0 unspecified atom stereocenters. The van der Waals surface area contributed by atoms with Gasteiger partial charge in [-0.3, -0.25) is 0 Å². The zero-order chi connectivity index (χ0) is 12.5. The summed E-state index contributed by atoms with van der Waals surface area (Å²) in [4.78, 5) is 4.57. The third kappa shape index (κ3) is 1.67. The maximum atomic E-state index is 5.74. The number of aromatic nitrogens is 3. The molecule has 3 aromatic rings. The molecule has 18 heavy (non-hydrogen) atoms. The summed E-state index contributed by atoms with van der Waals surface area (Å²) >= 11 is 0. The van der Waals surface area contributed by atoms with Gasteiger partial charge in [0.25, 0.3) is 0 Å². The molecule has 3 rings (SSSR count). The van der Waals surface area contributed by atoms with E-state index in [1.807, 2.05) is 41.9 Å². The lowest BCUT2D eigenvalue weighted by atomic mass is 10.1. The summed E-state index contributed by atoms with van der Waals surface area (Å²) in [5.41, 5.74) is 10.7. The van der Waals surface area contributed by atoms with Crippen LogP contribution in [0.15, 0.2) is 42.6 Å². The molecule has 4 heteroatoms. The van der Waals surface area contributed by atoms with Crippen molar-refractivity contribution in [3.8, 4) is 11.1 Å². The minimum Gasteiger partial charge on any atom is -0.325 e. The Hall–Kier alpha value is -2.20. The van der Waals surface area contributed by atoms with E-state index in [-0.39, 0.29) is 0 Å². The van der Waals surface area contributed by atoms with Gasteiger partial charge >= 0.3 is 0 Å². The zero-order valence-electron chi connectivity index (χ0n) is 10.2. The minimum atomic E-state index is 0.454. The molecule has 0 bridgehead atoms. The molecule has 0 fully saturated rings. The highest BCUT2D eigenvalue weighted by Gasteiger charge is 2.10. The van der Waals surface area contributed by atoms with Crippen LogP contribution in [-0.2, 0) is 6.54 Å². The summed E-state index contributed by atoms with van der Waals surface area (Å²) in [6.45, 7) is 2.43. The number of fused-ring (bicyclic) bond motifs is 1. The van der Waals surface area contributed by atoms with E-state index >= 15 is 0 Å². The second kappa shape index (κ2) is 4.23. The molecule has 2 heterocycles. The summed E-state index contributed by atoms with van der Waals surface area (Å²) in [5, 5.41) is 4.38. The molecule has 0 aliphatic heterocycles. The third-order valence-corrected chi connectivity index (χ3v) is 2.97.